The Morgan fingerprint density at radius 1 is 1.00 bits per heavy atom. The molecule has 2 aliphatic carbocycles. The summed E-state index contributed by atoms with van der Waals surface area (Å²) in [4.78, 5) is 26.7. The number of fused-ring (bicyclic) bond motifs is 1. The molecular formula is C29H36N4O2. The Bertz CT molecular complexity index is 1220. The highest BCUT2D eigenvalue weighted by Gasteiger charge is 2.44. The smallest absolute Gasteiger partial charge is 0.268 e. The van der Waals surface area contributed by atoms with Crippen LogP contribution in [-0.4, -0.2) is 28.5 Å². The molecule has 5 rings (SSSR count). The molecule has 4 N–H and O–H groups in total. The number of hydrogen-bond acceptors (Lipinski definition) is 3. The molecule has 5 atom stereocenters. The number of para-hydroxylation sites is 1. The Morgan fingerprint density at radius 2 is 1.71 bits per heavy atom. The number of hydrogen-bond donors (Lipinski definition) is 3. The van der Waals surface area contributed by atoms with E-state index in [1.54, 1.807) is 0 Å². The molecule has 6 heteroatoms. The van der Waals surface area contributed by atoms with Crippen molar-refractivity contribution in [3.8, 4) is 0 Å². The number of aryl methyl sites for hydroxylation is 1. The van der Waals surface area contributed by atoms with E-state index in [0.29, 0.717) is 5.69 Å². The highest BCUT2D eigenvalue weighted by molar-refractivity contribution is 5.99. The number of benzene rings is 2. The van der Waals surface area contributed by atoms with Gasteiger partial charge in [-0.1, -0.05) is 68.3 Å². The minimum Gasteiger partial charge on any atom is -0.353 e. The van der Waals surface area contributed by atoms with Gasteiger partial charge >= 0.3 is 0 Å². The number of rotatable bonds is 5. The molecule has 2 aliphatic rings. The first-order valence-electron chi connectivity index (χ1n) is 12.9. The largest absolute Gasteiger partial charge is 0.353 e. The fraction of sp³-hybridized carbons (Fsp3) is 0.448. The highest BCUT2D eigenvalue weighted by atomic mass is 16.2. The van der Waals surface area contributed by atoms with Gasteiger partial charge < -0.3 is 20.9 Å². The Hall–Kier alpha value is -3.12. The van der Waals surface area contributed by atoms with Crippen LogP contribution in [0.4, 0.5) is 0 Å². The molecule has 2 unspecified atom stereocenters. The van der Waals surface area contributed by atoms with Crippen LogP contribution in [0.5, 0.6) is 0 Å². The molecule has 0 radical (unpaired) electrons. The van der Waals surface area contributed by atoms with Gasteiger partial charge in [0.1, 0.15) is 5.69 Å². The Kier molecular flexibility index (Phi) is 6.41. The third-order valence-electron chi connectivity index (χ3n) is 8.36. The average molecular weight is 473 g/mol. The van der Waals surface area contributed by atoms with E-state index in [9.17, 15) is 9.59 Å². The van der Waals surface area contributed by atoms with E-state index in [0.717, 1.165) is 55.0 Å². The van der Waals surface area contributed by atoms with Gasteiger partial charge in [0.05, 0.1) is 5.92 Å². The number of nitrogens with zero attached hydrogens (tertiary/aromatic N) is 1. The first kappa shape index (κ1) is 23.6. The zero-order valence-corrected chi connectivity index (χ0v) is 20.7. The number of amides is 2. The van der Waals surface area contributed by atoms with E-state index in [2.05, 4.69) is 29.7 Å². The predicted molar refractivity (Wildman–Crippen MR) is 139 cm³/mol. The quantitative estimate of drug-likeness (QED) is 0.519. The van der Waals surface area contributed by atoms with Gasteiger partial charge in [-0.3, -0.25) is 9.59 Å². The van der Waals surface area contributed by atoms with Gasteiger partial charge in [0.15, 0.2) is 0 Å². The Labute approximate surface area is 207 Å². The lowest BCUT2D eigenvalue weighted by molar-refractivity contribution is -0.127. The standard InChI is InChI=1S/C29H36N4O2/c1-19-16-22(18-29(19,30)21-11-4-3-5-12-21)31-27(34)23-13-7-8-14-24(23)32-28(35)26-17-20-10-6-9-15-25(20)33(26)2/h3-6,9-12,15,17,19,22-24H,7-8,13-14,16,18,30H2,1-2H3,(H,31,34)(H,32,35)/t19?,22-,23-,24+,29?/m1/s1. The van der Waals surface area contributed by atoms with Crippen LogP contribution >= 0.6 is 0 Å². The van der Waals surface area contributed by atoms with Crippen LogP contribution in [0.25, 0.3) is 10.9 Å². The molecule has 184 valence electrons. The molecule has 3 aromatic rings. The van der Waals surface area contributed by atoms with Crippen molar-refractivity contribution >= 4 is 22.7 Å². The molecule has 2 saturated carbocycles. The first-order valence-corrected chi connectivity index (χ1v) is 12.9. The summed E-state index contributed by atoms with van der Waals surface area (Å²) in [6.45, 7) is 2.17. The van der Waals surface area contributed by atoms with E-state index < -0.39 is 5.54 Å². The molecule has 0 saturated heterocycles. The van der Waals surface area contributed by atoms with Crippen LogP contribution < -0.4 is 16.4 Å². The van der Waals surface area contributed by atoms with E-state index in [1.165, 1.54) is 0 Å². The average Bonchev–Trinajstić information content (AvgIpc) is 3.36. The van der Waals surface area contributed by atoms with Crippen molar-refractivity contribution in [3.05, 3.63) is 71.9 Å². The first-order chi connectivity index (χ1) is 16.9. The van der Waals surface area contributed by atoms with Gasteiger partial charge in [-0.05, 0) is 49.3 Å². The van der Waals surface area contributed by atoms with E-state index >= 15 is 0 Å². The fourth-order valence-electron chi connectivity index (χ4n) is 6.26. The van der Waals surface area contributed by atoms with Crippen molar-refractivity contribution in [3.63, 3.8) is 0 Å². The number of nitrogens with two attached hydrogens (primary N) is 1. The lowest BCUT2D eigenvalue weighted by Crippen LogP contribution is -2.50. The topological polar surface area (TPSA) is 89.2 Å². The van der Waals surface area contributed by atoms with Crippen molar-refractivity contribution in [2.45, 2.75) is 63.1 Å². The molecule has 2 aromatic carbocycles. The molecule has 0 spiro atoms. The molecule has 1 aromatic heterocycles. The van der Waals surface area contributed by atoms with Gasteiger partial charge in [0.25, 0.3) is 5.91 Å². The summed E-state index contributed by atoms with van der Waals surface area (Å²) in [6, 6.07) is 20.0. The summed E-state index contributed by atoms with van der Waals surface area (Å²) < 4.78 is 1.92. The maximum atomic E-state index is 13.4. The summed E-state index contributed by atoms with van der Waals surface area (Å²) in [6.07, 6.45) is 5.22. The van der Waals surface area contributed by atoms with E-state index in [1.807, 2.05) is 60.1 Å². The minimum atomic E-state index is -0.437. The lowest BCUT2D eigenvalue weighted by Gasteiger charge is -2.32. The van der Waals surface area contributed by atoms with Crippen molar-refractivity contribution in [1.82, 2.24) is 15.2 Å². The molecule has 2 fully saturated rings. The van der Waals surface area contributed by atoms with E-state index in [4.69, 9.17) is 5.73 Å². The number of nitrogens with one attached hydrogen (secondary N) is 2. The summed E-state index contributed by atoms with van der Waals surface area (Å²) in [5.41, 5.74) is 9.20. The predicted octanol–water partition coefficient (Wildman–Crippen LogP) is 4.24. The van der Waals surface area contributed by atoms with Gasteiger partial charge in [0.2, 0.25) is 5.91 Å². The van der Waals surface area contributed by atoms with E-state index in [-0.39, 0.29) is 35.7 Å². The lowest BCUT2D eigenvalue weighted by atomic mass is 9.82. The van der Waals surface area contributed by atoms with Gasteiger partial charge in [-0.2, -0.15) is 0 Å². The summed E-state index contributed by atoms with van der Waals surface area (Å²) >= 11 is 0. The van der Waals surface area contributed by atoms with Crippen molar-refractivity contribution in [1.29, 1.82) is 0 Å². The van der Waals surface area contributed by atoms with Gasteiger partial charge in [-0.25, -0.2) is 0 Å². The van der Waals surface area contributed by atoms with Crippen LogP contribution in [0.1, 0.15) is 61.5 Å². The Morgan fingerprint density at radius 3 is 2.49 bits per heavy atom. The van der Waals surface area contributed by atoms with Crippen molar-refractivity contribution in [2.24, 2.45) is 24.6 Å². The normalized spacial score (nSPS) is 28.7. The highest BCUT2D eigenvalue weighted by Crippen LogP contribution is 2.41. The van der Waals surface area contributed by atoms with Gasteiger partial charge in [-0.15, -0.1) is 0 Å². The molecule has 0 aliphatic heterocycles. The zero-order valence-electron chi connectivity index (χ0n) is 20.7. The van der Waals surface area contributed by atoms with Crippen molar-refractivity contribution < 1.29 is 9.59 Å². The Balaban J connectivity index is 1.27. The second kappa shape index (κ2) is 9.50. The third kappa shape index (κ3) is 4.47. The maximum absolute atomic E-state index is 13.4. The second-order valence-corrected chi connectivity index (χ2v) is 10.6. The number of aromatic nitrogens is 1. The summed E-state index contributed by atoms with van der Waals surface area (Å²) in [5, 5.41) is 7.54. The summed E-state index contributed by atoms with van der Waals surface area (Å²) in [7, 11) is 1.91. The van der Waals surface area contributed by atoms with Crippen molar-refractivity contribution in [2.75, 3.05) is 0 Å². The van der Waals surface area contributed by atoms with Gasteiger partial charge in [0, 0.05) is 35.6 Å². The van der Waals surface area contributed by atoms with Crippen LogP contribution in [0.15, 0.2) is 60.7 Å². The number of carbonyl (C=O) groups excluding carboxylic acids is 2. The molecule has 0 bridgehead atoms. The molecule has 2 amide bonds. The second-order valence-electron chi connectivity index (χ2n) is 10.6. The molecular weight excluding hydrogens is 436 g/mol. The SMILES string of the molecule is CC1C[C@@H](NC(=O)[C@@H]2CCCC[C@@H]2NC(=O)c2cc3ccccc3n2C)CC1(N)c1ccccc1. The zero-order chi connectivity index (χ0) is 24.6. The van der Waals surface area contributed by atoms with Crippen LogP contribution in [-0.2, 0) is 17.4 Å². The summed E-state index contributed by atoms with van der Waals surface area (Å²) in [5.74, 6) is -0.0276. The monoisotopic (exact) mass is 472 g/mol. The molecule has 1 heterocycles. The molecule has 6 nitrogen and oxygen atoms in total. The fourth-order valence-corrected chi connectivity index (χ4v) is 6.26. The minimum absolute atomic E-state index is 0.0409. The van der Waals surface area contributed by atoms with Crippen LogP contribution in [0.3, 0.4) is 0 Å². The van der Waals surface area contributed by atoms with Crippen LogP contribution in [0, 0.1) is 11.8 Å². The third-order valence-corrected chi connectivity index (χ3v) is 8.36. The number of carbonyl (C=O) groups is 2. The van der Waals surface area contributed by atoms with Crippen LogP contribution in [0.2, 0.25) is 0 Å². The molecule has 35 heavy (non-hydrogen) atoms. The maximum Gasteiger partial charge on any atom is 0.268 e.